The maximum atomic E-state index is 13.7. The Morgan fingerprint density at radius 3 is 2.16 bits per heavy atom. The van der Waals surface area contributed by atoms with E-state index in [4.69, 9.17) is 0 Å². The van der Waals surface area contributed by atoms with Crippen molar-refractivity contribution in [2.45, 2.75) is 65.1 Å². The molecule has 0 radical (unpaired) electrons. The van der Waals surface area contributed by atoms with Crippen molar-refractivity contribution in [3.05, 3.63) is 65.5 Å². The first-order chi connectivity index (χ1) is 17.4. The number of hydrogen-bond acceptors (Lipinski definition) is 4. The molecule has 204 valence electrons. The average molecular weight is 542 g/mol. The second-order valence-electron chi connectivity index (χ2n) is 8.93. The van der Waals surface area contributed by atoms with Crippen LogP contribution in [-0.2, 0) is 26.2 Å². The lowest BCUT2D eigenvalue weighted by Gasteiger charge is -2.32. The summed E-state index contributed by atoms with van der Waals surface area (Å²) in [5.74, 6) is -3.43. The van der Waals surface area contributed by atoms with E-state index < -0.39 is 39.4 Å². The summed E-state index contributed by atoms with van der Waals surface area (Å²) in [5.41, 5.74) is 0.570. The molecule has 0 aliphatic rings. The summed E-state index contributed by atoms with van der Waals surface area (Å²) >= 11 is 0. The van der Waals surface area contributed by atoms with Gasteiger partial charge in [0.05, 0.1) is 11.9 Å². The van der Waals surface area contributed by atoms with Crippen LogP contribution < -0.4 is 9.62 Å². The zero-order chi connectivity index (χ0) is 27.8. The molecule has 2 aromatic carbocycles. The maximum absolute atomic E-state index is 13.7. The Hall–Kier alpha value is -3.08. The molecule has 2 aromatic rings. The van der Waals surface area contributed by atoms with Gasteiger partial charge in [-0.1, -0.05) is 26.0 Å². The Morgan fingerprint density at radius 1 is 0.973 bits per heavy atom. The Balaban J connectivity index is 2.23. The first-order valence-electron chi connectivity index (χ1n) is 12.1. The Labute approximate surface area is 216 Å². The van der Waals surface area contributed by atoms with Gasteiger partial charge in [0, 0.05) is 31.6 Å². The fraction of sp³-hybridized carbons (Fsp3) is 0.462. The third-order valence-electron chi connectivity index (χ3n) is 6.00. The smallest absolute Gasteiger partial charge is 0.243 e. The lowest BCUT2D eigenvalue weighted by atomic mass is 10.1. The zero-order valence-corrected chi connectivity index (χ0v) is 22.3. The molecular formula is C26H34F3N3O4S. The number of hydrogen-bond donors (Lipinski definition) is 1. The SMILES string of the molecule is CC[C@H](C)NC(=O)[C@H](CC)N(Cc1ccc(F)cc1)C(=O)CCCN(c1ccc(F)c(F)c1)S(C)(=O)=O. The van der Waals surface area contributed by atoms with Crippen LogP contribution in [0, 0.1) is 17.5 Å². The molecule has 1 N–H and O–H groups in total. The van der Waals surface area contributed by atoms with Crippen LogP contribution in [0.15, 0.2) is 42.5 Å². The van der Waals surface area contributed by atoms with Gasteiger partial charge in [-0.2, -0.15) is 0 Å². The van der Waals surface area contributed by atoms with E-state index in [1.54, 1.807) is 6.92 Å². The van der Waals surface area contributed by atoms with E-state index in [1.165, 1.54) is 29.2 Å². The number of halogens is 3. The zero-order valence-electron chi connectivity index (χ0n) is 21.5. The Kier molecular flexibility index (Phi) is 11.0. The second kappa shape index (κ2) is 13.5. The van der Waals surface area contributed by atoms with Crippen LogP contribution in [0.25, 0.3) is 0 Å². The van der Waals surface area contributed by atoms with Crippen molar-refractivity contribution in [3.63, 3.8) is 0 Å². The van der Waals surface area contributed by atoms with E-state index in [2.05, 4.69) is 5.32 Å². The van der Waals surface area contributed by atoms with Gasteiger partial charge in [0.2, 0.25) is 21.8 Å². The minimum absolute atomic E-state index is 0.0589. The van der Waals surface area contributed by atoms with Crippen LogP contribution in [0.5, 0.6) is 0 Å². The van der Waals surface area contributed by atoms with Crippen LogP contribution in [0.4, 0.5) is 18.9 Å². The van der Waals surface area contributed by atoms with Gasteiger partial charge in [0.1, 0.15) is 11.9 Å². The highest BCUT2D eigenvalue weighted by molar-refractivity contribution is 7.92. The fourth-order valence-electron chi connectivity index (χ4n) is 3.79. The largest absolute Gasteiger partial charge is 0.352 e. The molecule has 0 fully saturated rings. The number of carbonyl (C=O) groups excluding carboxylic acids is 2. The summed E-state index contributed by atoms with van der Waals surface area (Å²) in [6.45, 7) is 5.46. The molecule has 11 heteroatoms. The fourth-order valence-corrected chi connectivity index (χ4v) is 4.75. The summed E-state index contributed by atoms with van der Waals surface area (Å²) in [6.07, 6.45) is 1.93. The summed E-state index contributed by atoms with van der Waals surface area (Å²) in [7, 11) is -3.85. The van der Waals surface area contributed by atoms with Crippen LogP contribution >= 0.6 is 0 Å². The number of nitrogens with zero attached hydrogens (tertiary/aromatic N) is 2. The molecule has 0 saturated heterocycles. The highest BCUT2D eigenvalue weighted by Gasteiger charge is 2.29. The van der Waals surface area contributed by atoms with Gasteiger partial charge in [-0.15, -0.1) is 0 Å². The molecule has 37 heavy (non-hydrogen) atoms. The van der Waals surface area contributed by atoms with Crippen molar-refractivity contribution in [2.24, 2.45) is 0 Å². The molecule has 0 aliphatic heterocycles. The number of anilines is 1. The number of amides is 2. The van der Waals surface area contributed by atoms with E-state index in [0.29, 0.717) is 18.4 Å². The molecule has 2 rings (SSSR count). The normalized spacial score (nSPS) is 13.1. The van der Waals surface area contributed by atoms with Crippen LogP contribution in [0.1, 0.15) is 52.0 Å². The van der Waals surface area contributed by atoms with Gasteiger partial charge >= 0.3 is 0 Å². The molecule has 2 atom stereocenters. The van der Waals surface area contributed by atoms with E-state index in [-0.39, 0.29) is 43.6 Å². The van der Waals surface area contributed by atoms with Gasteiger partial charge < -0.3 is 10.2 Å². The summed E-state index contributed by atoms with van der Waals surface area (Å²) in [6, 6.07) is 7.48. The Bertz CT molecular complexity index is 1180. The van der Waals surface area contributed by atoms with Crippen molar-refractivity contribution in [2.75, 3.05) is 17.1 Å². The van der Waals surface area contributed by atoms with E-state index >= 15 is 0 Å². The van der Waals surface area contributed by atoms with Crippen LogP contribution in [-0.4, -0.2) is 50.0 Å². The first kappa shape index (κ1) is 30.1. The minimum atomic E-state index is -3.85. The molecule has 7 nitrogen and oxygen atoms in total. The predicted molar refractivity (Wildman–Crippen MR) is 137 cm³/mol. The van der Waals surface area contributed by atoms with Gasteiger partial charge in [0.15, 0.2) is 11.6 Å². The predicted octanol–water partition coefficient (Wildman–Crippen LogP) is 4.37. The third-order valence-corrected chi connectivity index (χ3v) is 7.19. The van der Waals surface area contributed by atoms with Crippen molar-refractivity contribution < 1.29 is 31.2 Å². The van der Waals surface area contributed by atoms with Crippen LogP contribution in [0.2, 0.25) is 0 Å². The molecule has 0 bridgehead atoms. The van der Waals surface area contributed by atoms with Crippen LogP contribution in [0.3, 0.4) is 0 Å². The monoisotopic (exact) mass is 541 g/mol. The van der Waals surface area contributed by atoms with E-state index in [9.17, 15) is 31.2 Å². The molecular weight excluding hydrogens is 507 g/mol. The number of benzene rings is 2. The van der Waals surface area contributed by atoms with Crippen molar-refractivity contribution in [1.29, 1.82) is 0 Å². The van der Waals surface area contributed by atoms with E-state index in [1.807, 2.05) is 13.8 Å². The van der Waals surface area contributed by atoms with Crippen molar-refractivity contribution >= 4 is 27.5 Å². The molecule has 0 spiro atoms. The number of sulfonamides is 1. The summed E-state index contributed by atoms with van der Waals surface area (Å²) in [4.78, 5) is 27.7. The number of rotatable bonds is 13. The highest BCUT2D eigenvalue weighted by atomic mass is 32.2. The quantitative estimate of drug-likeness (QED) is 0.408. The molecule has 0 aromatic heterocycles. The van der Waals surface area contributed by atoms with Gasteiger partial charge in [0.25, 0.3) is 0 Å². The minimum Gasteiger partial charge on any atom is -0.352 e. The average Bonchev–Trinajstić information content (AvgIpc) is 2.83. The first-order valence-corrected chi connectivity index (χ1v) is 14.0. The van der Waals surface area contributed by atoms with Crippen molar-refractivity contribution in [1.82, 2.24) is 10.2 Å². The molecule has 2 amide bonds. The van der Waals surface area contributed by atoms with E-state index in [0.717, 1.165) is 28.8 Å². The van der Waals surface area contributed by atoms with Crippen molar-refractivity contribution in [3.8, 4) is 0 Å². The number of nitrogens with one attached hydrogen (secondary N) is 1. The highest BCUT2D eigenvalue weighted by Crippen LogP contribution is 2.22. The lowest BCUT2D eigenvalue weighted by molar-refractivity contribution is -0.141. The number of carbonyl (C=O) groups is 2. The Morgan fingerprint density at radius 2 is 1.62 bits per heavy atom. The summed E-state index contributed by atoms with van der Waals surface area (Å²) < 4.78 is 66.0. The lowest BCUT2D eigenvalue weighted by Crippen LogP contribution is -2.50. The van der Waals surface area contributed by atoms with Gasteiger partial charge in [-0.3, -0.25) is 13.9 Å². The van der Waals surface area contributed by atoms with Gasteiger partial charge in [-0.25, -0.2) is 21.6 Å². The molecule has 0 saturated carbocycles. The molecule has 0 unspecified atom stereocenters. The second-order valence-corrected chi connectivity index (χ2v) is 10.8. The van der Waals surface area contributed by atoms with Gasteiger partial charge in [-0.05, 0) is 56.0 Å². The molecule has 0 aliphatic carbocycles. The summed E-state index contributed by atoms with van der Waals surface area (Å²) in [5, 5.41) is 2.89. The molecule has 0 heterocycles. The topological polar surface area (TPSA) is 86.8 Å². The maximum Gasteiger partial charge on any atom is 0.243 e. The third kappa shape index (κ3) is 8.77. The standard InChI is InChI=1S/C26H34F3N3O4S/c1-5-18(3)30-26(34)24(6-2)31(17-19-9-11-20(27)12-10-19)25(33)8-7-15-32(37(4,35)36)21-13-14-22(28)23(29)16-21/h9-14,16,18,24H,5-8,15,17H2,1-4H3,(H,30,34)/t18-,24-/m0/s1.